The molecule has 24 rings (SSSR count). The van der Waals surface area contributed by atoms with Gasteiger partial charge in [0, 0.05) is 198 Å². The number of aromatic amines is 1. The van der Waals surface area contributed by atoms with Crippen LogP contribution < -0.4 is 41.5 Å². The van der Waals surface area contributed by atoms with E-state index in [2.05, 4.69) is 149 Å². The van der Waals surface area contributed by atoms with Gasteiger partial charge in [0.1, 0.15) is 58.1 Å². The van der Waals surface area contributed by atoms with E-state index in [1.54, 1.807) is 50.9 Å². The number of imidazole rings is 1. The highest BCUT2D eigenvalue weighted by Crippen LogP contribution is 2.56. The van der Waals surface area contributed by atoms with E-state index < -0.39 is 10.0 Å². The minimum Gasteiger partial charge on any atom is -0.459 e. The molecular weight excluding hydrogens is 1800 g/mol. The van der Waals surface area contributed by atoms with Crippen LogP contribution in [0.1, 0.15) is 119 Å². The van der Waals surface area contributed by atoms with E-state index in [4.69, 9.17) is 56.6 Å². The highest BCUT2D eigenvalue weighted by Gasteiger charge is 2.61. The van der Waals surface area contributed by atoms with Crippen LogP contribution in [0.2, 0.25) is 5.02 Å². The SMILES string of the molecule is CNc1cc(F)cc2c1[nH]c1nc(Oc3cnc(C)nc3)nc(N3CC4(CCC4N)C3)c12.Cc1cccc(Cc2c(CN3CC4(CC(OC(=O)c5ccccc5)C4)C3)nc3c(C4C=NC=N4)cc(N4CCOCC4)nn23)c1C.Cn1cc(-c2cccc(-c3ncc(-c4cnn(C)c4)c(NC4CC5(CNC5)C4)n3)c2)cn1.O=C(NCCCc1ccccc1)C1CCC12CN(S(=O)(=O)c1ccccc1Cl)C2. The number of likely N-dealkylation sites (tertiary alicyclic amines) is 1. The van der Waals surface area contributed by atoms with Gasteiger partial charge in [-0.3, -0.25) is 24.1 Å². The number of anilines is 4. The van der Waals surface area contributed by atoms with E-state index in [1.165, 1.54) is 57.6 Å². The molecule has 139 heavy (non-hydrogen) atoms. The molecule has 7 N–H and O–H groups in total. The maximum Gasteiger partial charge on any atom is 0.338 e. The van der Waals surface area contributed by atoms with Crippen LogP contribution in [0.5, 0.6) is 11.8 Å². The second-order valence-electron chi connectivity index (χ2n) is 39.3. The lowest BCUT2D eigenvalue weighted by Gasteiger charge is -2.60. The first-order valence-corrected chi connectivity index (χ1v) is 49.7. The van der Waals surface area contributed by atoms with Crippen molar-refractivity contribution in [2.45, 2.75) is 127 Å². The molecule has 4 aliphatic carbocycles. The molecule has 4 saturated carbocycles. The van der Waals surface area contributed by atoms with Crippen LogP contribution in [0.25, 0.3) is 61.2 Å². The van der Waals surface area contributed by atoms with Crippen molar-refractivity contribution < 1.29 is 36.6 Å². The Morgan fingerprint density at radius 2 is 1.45 bits per heavy atom. The summed E-state index contributed by atoms with van der Waals surface area (Å²) in [5, 5.41) is 28.8. The predicted molar refractivity (Wildman–Crippen MR) is 534 cm³/mol. The van der Waals surface area contributed by atoms with Gasteiger partial charge in [-0.15, -0.1) is 5.10 Å². The van der Waals surface area contributed by atoms with Gasteiger partial charge in [-0.1, -0.05) is 109 Å². The lowest BCUT2D eigenvalue weighted by molar-refractivity contribution is -0.146. The molecule has 8 aromatic heterocycles. The minimum atomic E-state index is -3.61. The zero-order valence-electron chi connectivity index (χ0n) is 78.7. The number of aryl methyl sites for hydroxylation is 5. The van der Waals surface area contributed by atoms with Crippen LogP contribution in [-0.2, 0) is 57.8 Å². The molecule has 0 bridgehead atoms. The lowest BCUT2D eigenvalue weighted by Crippen LogP contribution is -2.69. The fraction of sp³-hybridized carbons (Fsp3) is 0.385. The summed E-state index contributed by atoms with van der Waals surface area (Å²) >= 11 is 6.08. The van der Waals surface area contributed by atoms with Crippen molar-refractivity contribution in [1.82, 2.24) is 88.9 Å². The third-order valence-corrected chi connectivity index (χ3v) is 32.1. The highest BCUT2D eigenvalue weighted by atomic mass is 35.5. The van der Waals surface area contributed by atoms with E-state index >= 15 is 0 Å². The van der Waals surface area contributed by atoms with Crippen LogP contribution >= 0.6 is 11.6 Å². The number of morpholine rings is 1. The summed E-state index contributed by atoms with van der Waals surface area (Å²) in [6.07, 6.45) is 27.0. The van der Waals surface area contributed by atoms with Crippen LogP contribution in [0.3, 0.4) is 0 Å². The molecule has 716 valence electrons. The van der Waals surface area contributed by atoms with Crippen LogP contribution in [0, 0.1) is 54.2 Å². The third kappa shape index (κ3) is 18.7. The largest absolute Gasteiger partial charge is 0.459 e. The zero-order valence-corrected chi connectivity index (χ0v) is 80.3. The molecule has 6 aromatic carbocycles. The molecule has 6 aliphatic heterocycles. The number of halogens is 2. The van der Waals surface area contributed by atoms with Gasteiger partial charge >= 0.3 is 12.0 Å². The molecular formula is C104H113ClFN25O7S. The van der Waals surface area contributed by atoms with Gasteiger partial charge in [-0.25, -0.2) is 52.0 Å². The molecule has 35 heteroatoms. The van der Waals surface area contributed by atoms with Gasteiger partial charge in [0.2, 0.25) is 15.9 Å². The molecule has 3 atom stereocenters. The van der Waals surface area contributed by atoms with E-state index in [9.17, 15) is 22.4 Å². The summed E-state index contributed by atoms with van der Waals surface area (Å²) in [4.78, 5) is 77.2. The smallest absolute Gasteiger partial charge is 0.338 e. The van der Waals surface area contributed by atoms with Crippen LogP contribution in [-0.4, -0.2) is 222 Å². The van der Waals surface area contributed by atoms with Crippen molar-refractivity contribution in [2.75, 3.05) is 113 Å². The normalized spacial score (nSPS) is 19.9. The van der Waals surface area contributed by atoms with E-state index in [0.717, 1.165) is 195 Å². The second kappa shape index (κ2) is 38.1. The highest BCUT2D eigenvalue weighted by molar-refractivity contribution is 7.89. The molecule has 3 unspecified atom stereocenters. The number of nitrogens with two attached hydrogens (primary N) is 1. The Balaban J connectivity index is 0.000000112. The predicted octanol–water partition coefficient (Wildman–Crippen LogP) is 14.5. The number of aliphatic imine (C=N–C) groups is 2. The fourth-order valence-corrected chi connectivity index (χ4v) is 23.6. The first kappa shape index (κ1) is 92.0. The van der Waals surface area contributed by atoms with Crippen molar-refractivity contribution in [1.29, 1.82) is 0 Å². The standard InChI is InChI=1S/C36H39N7O3.C24H26N8.C22H25ClN2O3S.C22H23FN8O/c1-24-7-6-10-27(25(24)2)15-32-31(20-41-21-36(22-41)17-28(18-36)46-35(44)26-8-4-3-5-9-26)39-34-29(30-19-37-23-38-30)16-33(40-43(32)34)42-11-13-45-14-12-42;1-31-12-18(9-27-31)16-4-3-5-17(6-16)22-26-11-21(19-10-28-32(2)13-19)23(30-22)29-20-7-24(8-20)14-25-15-24;23-19-10-4-5-11-20(19)29(27,28)25-15-22(16-25)13-12-18(22)21(26)24-14-6-9-17-7-2-1-3-8-17;1-11-26-7-13(8-27-11)32-21-29-19-17(14-5-12(23)6-15(25-2)18(14)28-19)20(30-21)31-9-22(10-31)4-3-16(22)24/h3-10,16,19,23,28,30H,11-15,17-18,20-22H2,1-2H3;3-6,9-13,20,25H,7-8,14-15H2,1-2H3,(H,26,29,30);1-5,7-8,10-11,18H,6,9,12-16H2,(H,24,26);5-8,16,25H,3-4,9-10,24H2,1-2H3,(H,28,29,30). The number of rotatable bonds is 24. The molecule has 14 aromatic rings. The Bertz CT molecular complexity index is 7100. The number of carbonyl (C=O) groups excluding carboxylic acids is 2. The molecule has 9 fully saturated rings. The average molecular weight is 1910 g/mol. The third-order valence-electron chi connectivity index (χ3n) is 29.8. The van der Waals surface area contributed by atoms with Crippen molar-refractivity contribution in [3.8, 4) is 45.4 Å². The van der Waals surface area contributed by atoms with Gasteiger partial charge in [-0.05, 0) is 167 Å². The average Bonchev–Trinajstić information content (AvgIpc) is 1.70. The molecule has 32 nitrogen and oxygen atoms in total. The summed E-state index contributed by atoms with van der Waals surface area (Å²) in [6, 6.07) is 46.6. The van der Waals surface area contributed by atoms with E-state index in [1.807, 2.05) is 115 Å². The Morgan fingerprint density at radius 3 is 2.14 bits per heavy atom. The van der Waals surface area contributed by atoms with Crippen molar-refractivity contribution in [2.24, 2.45) is 57.4 Å². The number of benzene rings is 6. The number of fused-ring (bicyclic) bond motifs is 4. The number of hydrogen-bond acceptors (Lipinski definition) is 26. The molecule has 14 heterocycles. The first-order chi connectivity index (χ1) is 67.4. The number of ether oxygens (including phenoxy) is 3. The van der Waals surface area contributed by atoms with E-state index in [0.29, 0.717) is 84.4 Å². The fourth-order valence-electron chi connectivity index (χ4n) is 21.5. The number of aromatic nitrogens is 14. The maximum absolute atomic E-state index is 14.4. The van der Waals surface area contributed by atoms with Crippen LogP contribution in [0.15, 0.2) is 204 Å². The Labute approximate surface area is 810 Å². The number of nitrogens with zero attached hydrogens (tertiary/aromatic N) is 19. The Hall–Kier alpha value is -13.4. The summed E-state index contributed by atoms with van der Waals surface area (Å²) in [5.74, 6) is 3.71. The number of H-pyrrole nitrogens is 1. The molecule has 10 aliphatic rings. The van der Waals surface area contributed by atoms with Gasteiger partial charge in [-0.2, -0.15) is 24.5 Å². The topological polar surface area (TPSA) is 367 Å². The van der Waals surface area contributed by atoms with Crippen molar-refractivity contribution in [3.63, 3.8) is 0 Å². The van der Waals surface area contributed by atoms with Gasteiger partial charge in [0.05, 0.1) is 76.6 Å². The number of nitrogens with one attached hydrogen (secondary N) is 5. The van der Waals surface area contributed by atoms with Crippen molar-refractivity contribution in [3.05, 3.63) is 250 Å². The molecule has 4 spiro atoms. The summed E-state index contributed by atoms with van der Waals surface area (Å²) in [7, 11) is 2.00. The monoisotopic (exact) mass is 1910 g/mol. The number of hydrogen-bond donors (Lipinski definition) is 6. The molecule has 5 saturated heterocycles. The quantitative estimate of drug-likeness (QED) is 0.0242. The number of sulfonamides is 1. The Morgan fingerprint density at radius 1 is 0.727 bits per heavy atom. The summed E-state index contributed by atoms with van der Waals surface area (Å²) in [5.41, 5.74) is 23.9. The summed E-state index contributed by atoms with van der Waals surface area (Å²) < 4.78 is 64.5. The minimum absolute atomic E-state index is 0.0103. The zero-order chi connectivity index (χ0) is 95.5. The summed E-state index contributed by atoms with van der Waals surface area (Å²) in [6.45, 7) is 17.2. The maximum atomic E-state index is 14.4. The first-order valence-electron chi connectivity index (χ1n) is 47.9. The number of amides is 1. The van der Waals surface area contributed by atoms with Crippen LogP contribution in [0.4, 0.5) is 27.5 Å². The molecule has 0 radical (unpaired) electrons. The van der Waals surface area contributed by atoms with Gasteiger partial charge < -0.3 is 56.0 Å². The van der Waals surface area contributed by atoms with Crippen molar-refractivity contribution >= 4 is 96.8 Å². The van der Waals surface area contributed by atoms with Gasteiger partial charge in [0.25, 0.3) is 0 Å². The number of carbonyl (C=O) groups is 2. The number of esters is 1. The lowest BCUT2D eigenvalue weighted by atomic mass is 9.56. The van der Waals surface area contributed by atoms with Gasteiger partial charge in [0.15, 0.2) is 17.2 Å². The van der Waals surface area contributed by atoms with E-state index in [-0.39, 0.29) is 74.0 Å². The second-order valence-corrected chi connectivity index (χ2v) is 41.6. The Kier molecular flexibility index (Phi) is 25.2. The molecule has 1 amide bonds.